The molecule has 6 nitrogen and oxygen atoms in total. The van der Waals surface area contributed by atoms with Crippen LogP contribution in [0.1, 0.15) is 35.4 Å². The van der Waals surface area contributed by atoms with Gasteiger partial charge in [-0.1, -0.05) is 0 Å². The summed E-state index contributed by atoms with van der Waals surface area (Å²) in [5, 5.41) is 8.57. The zero-order valence-corrected chi connectivity index (χ0v) is 13.4. The Balaban J connectivity index is 1.68. The van der Waals surface area contributed by atoms with Gasteiger partial charge in [0.2, 0.25) is 0 Å². The third kappa shape index (κ3) is 2.90. The molecular weight excluding hydrogens is 333 g/mol. The van der Waals surface area contributed by atoms with Crippen LogP contribution in [0.4, 0.5) is 13.2 Å². The van der Waals surface area contributed by atoms with Crippen LogP contribution in [0.15, 0.2) is 30.6 Å². The number of rotatable bonds is 2. The average Bonchev–Trinajstić information content (AvgIpc) is 3.19. The molecule has 2 aromatic heterocycles. The van der Waals surface area contributed by atoms with E-state index in [1.807, 2.05) is 4.68 Å². The quantitative estimate of drug-likeness (QED) is 0.714. The van der Waals surface area contributed by atoms with Crippen LogP contribution in [-0.2, 0) is 19.1 Å². The normalized spacial score (nSPS) is 17.5. The van der Waals surface area contributed by atoms with Gasteiger partial charge >= 0.3 is 6.18 Å². The van der Waals surface area contributed by atoms with Gasteiger partial charge in [-0.15, -0.1) is 0 Å². The van der Waals surface area contributed by atoms with Gasteiger partial charge < -0.3 is 0 Å². The van der Waals surface area contributed by atoms with Crippen LogP contribution in [0.5, 0.6) is 0 Å². The highest BCUT2D eigenvalue weighted by atomic mass is 19.4. The van der Waals surface area contributed by atoms with E-state index in [-0.39, 0.29) is 5.92 Å². The van der Waals surface area contributed by atoms with Crippen molar-refractivity contribution >= 4 is 0 Å². The van der Waals surface area contributed by atoms with Gasteiger partial charge in [-0.05, 0) is 37.6 Å². The van der Waals surface area contributed by atoms with Crippen molar-refractivity contribution in [2.75, 3.05) is 0 Å². The zero-order valence-electron chi connectivity index (χ0n) is 13.4. The Morgan fingerprint density at radius 1 is 1.16 bits per heavy atom. The zero-order chi connectivity index (χ0) is 17.6. The molecule has 1 unspecified atom stereocenters. The van der Waals surface area contributed by atoms with E-state index < -0.39 is 11.7 Å². The molecule has 3 heterocycles. The summed E-state index contributed by atoms with van der Waals surface area (Å²) in [6.07, 6.45) is -1.20. The van der Waals surface area contributed by atoms with Crippen LogP contribution in [0.2, 0.25) is 0 Å². The second kappa shape index (κ2) is 5.68. The highest BCUT2D eigenvalue weighted by Gasteiger charge is 2.31. The summed E-state index contributed by atoms with van der Waals surface area (Å²) < 4.78 is 41.7. The molecule has 0 saturated carbocycles. The minimum atomic E-state index is -4.35. The van der Waals surface area contributed by atoms with Crippen molar-refractivity contribution < 1.29 is 13.2 Å². The minimum absolute atomic E-state index is 0.0812. The molecule has 0 saturated heterocycles. The largest absolute Gasteiger partial charge is 0.416 e. The fraction of sp³-hybridized carbons (Fsp3) is 0.375. The van der Waals surface area contributed by atoms with Crippen molar-refractivity contribution in [1.82, 2.24) is 29.5 Å². The number of nitrogens with zero attached hydrogens (tertiary/aromatic N) is 6. The van der Waals surface area contributed by atoms with E-state index in [1.165, 1.54) is 18.5 Å². The molecule has 3 aromatic rings. The highest BCUT2D eigenvalue weighted by Crippen LogP contribution is 2.31. The maximum Gasteiger partial charge on any atom is 0.416 e. The van der Waals surface area contributed by atoms with Gasteiger partial charge in [-0.3, -0.25) is 0 Å². The Labute approximate surface area is 141 Å². The van der Waals surface area contributed by atoms with Gasteiger partial charge in [-0.2, -0.15) is 23.4 Å². The van der Waals surface area contributed by atoms with Crippen molar-refractivity contribution in [3.05, 3.63) is 53.6 Å². The third-order valence-corrected chi connectivity index (χ3v) is 4.35. The second-order valence-electron chi connectivity index (χ2n) is 6.07. The van der Waals surface area contributed by atoms with Crippen molar-refractivity contribution in [2.45, 2.75) is 38.4 Å². The lowest BCUT2D eigenvalue weighted by Gasteiger charge is -2.22. The molecule has 1 aliphatic rings. The van der Waals surface area contributed by atoms with E-state index in [0.717, 1.165) is 36.6 Å². The molecule has 25 heavy (non-hydrogen) atoms. The number of aryl methyl sites for hydroxylation is 2. The number of fused-ring (bicyclic) bond motifs is 1. The molecule has 1 atom stereocenters. The molecule has 0 N–H and O–H groups in total. The van der Waals surface area contributed by atoms with Crippen LogP contribution in [0.3, 0.4) is 0 Å². The van der Waals surface area contributed by atoms with Crippen molar-refractivity contribution in [2.24, 2.45) is 0 Å². The van der Waals surface area contributed by atoms with Crippen molar-refractivity contribution in [3.8, 4) is 5.69 Å². The molecule has 4 rings (SSSR count). The Morgan fingerprint density at radius 3 is 2.64 bits per heavy atom. The SMILES string of the molecule is Cc1nc(C2CCc3ncnn3C2)n(-c2ccc(C(F)(F)F)cc2)n1. The summed E-state index contributed by atoms with van der Waals surface area (Å²) in [5.41, 5.74) is -0.118. The summed E-state index contributed by atoms with van der Waals surface area (Å²) in [7, 11) is 0. The van der Waals surface area contributed by atoms with Crippen LogP contribution in [-0.4, -0.2) is 29.5 Å². The van der Waals surface area contributed by atoms with Gasteiger partial charge in [0.15, 0.2) is 0 Å². The number of halogens is 3. The summed E-state index contributed by atoms with van der Waals surface area (Å²) in [6, 6.07) is 4.97. The monoisotopic (exact) mass is 348 g/mol. The van der Waals surface area contributed by atoms with E-state index in [2.05, 4.69) is 20.2 Å². The molecule has 0 radical (unpaired) electrons. The Hall–Kier alpha value is -2.71. The molecule has 0 fully saturated rings. The van der Waals surface area contributed by atoms with Crippen LogP contribution < -0.4 is 0 Å². The lowest BCUT2D eigenvalue weighted by atomic mass is 9.99. The predicted molar refractivity (Wildman–Crippen MR) is 82.2 cm³/mol. The Kier molecular flexibility index (Phi) is 3.59. The molecule has 0 aliphatic carbocycles. The molecule has 0 amide bonds. The molecule has 0 spiro atoms. The molecular formula is C16H15F3N6. The summed E-state index contributed by atoms with van der Waals surface area (Å²) in [5.74, 6) is 2.34. The van der Waals surface area contributed by atoms with E-state index in [9.17, 15) is 13.2 Å². The Bertz CT molecular complexity index is 893. The number of aromatic nitrogens is 6. The van der Waals surface area contributed by atoms with Crippen LogP contribution in [0, 0.1) is 6.92 Å². The highest BCUT2D eigenvalue weighted by molar-refractivity contribution is 5.36. The molecule has 0 bridgehead atoms. The van der Waals surface area contributed by atoms with Crippen molar-refractivity contribution in [1.29, 1.82) is 0 Å². The van der Waals surface area contributed by atoms with Gasteiger partial charge in [0.1, 0.15) is 23.8 Å². The van der Waals surface area contributed by atoms with Gasteiger partial charge in [-0.25, -0.2) is 19.3 Å². The first-order valence-electron chi connectivity index (χ1n) is 7.89. The summed E-state index contributed by atoms with van der Waals surface area (Å²) in [6.45, 7) is 2.40. The molecule has 9 heteroatoms. The third-order valence-electron chi connectivity index (χ3n) is 4.35. The molecule has 1 aromatic carbocycles. The lowest BCUT2D eigenvalue weighted by Crippen LogP contribution is -2.22. The van der Waals surface area contributed by atoms with Crippen molar-refractivity contribution in [3.63, 3.8) is 0 Å². The second-order valence-corrected chi connectivity index (χ2v) is 6.07. The van der Waals surface area contributed by atoms with Gasteiger partial charge in [0.05, 0.1) is 17.8 Å². The smallest absolute Gasteiger partial charge is 0.249 e. The average molecular weight is 348 g/mol. The number of hydrogen-bond acceptors (Lipinski definition) is 4. The van der Waals surface area contributed by atoms with E-state index >= 15 is 0 Å². The van der Waals surface area contributed by atoms with E-state index in [0.29, 0.717) is 18.1 Å². The number of alkyl halides is 3. The van der Waals surface area contributed by atoms with Crippen LogP contribution in [0.25, 0.3) is 5.69 Å². The first-order chi connectivity index (χ1) is 11.9. The lowest BCUT2D eigenvalue weighted by molar-refractivity contribution is -0.137. The standard InChI is InChI=1S/C16H15F3N6/c1-10-22-15(11-2-7-14-20-9-21-24(14)8-11)25(23-10)13-5-3-12(4-6-13)16(17,18)19/h3-6,9,11H,2,7-8H2,1H3. The first-order valence-corrected chi connectivity index (χ1v) is 7.89. The predicted octanol–water partition coefficient (Wildman–Crippen LogP) is 2.92. The number of benzene rings is 1. The Morgan fingerprint density at radius 2 is 1.92 bits per heavy atom. The summed E-state index contributed by atoms with van der Waals surface area (Å²) in [4.78, 5) is 8.71. The maximum absolute atomic E-state index is 12.8. The fourth-order valence-electron chi connectivity index (χ4n) is 3.13. The topological polar surface area (TPSA) is 61.4 Å². The maximum atomic E-state index is 12.8. The van der Waals surface area contributed by atoms with Gasteiger partial charge in [0.25, 0.3) is 0 Å². The summed E-state index contributed by atoms with van der Waals surface area (Å²) >= 11 is 0. The first kappa shape index (κ1) is 15.8. The molecule has 1 aliphatic heterocycles. The van der Waals surface area contributed by atoms with E-state index in [4.69, 9.17) is 0 Å². The van der Waals surface area contributed by atoms with Crippen LogP contribution >= 0.6 is 0 Å². The molecule has 130 valence electrons. The van der Waals surface area contributed by atoms with E-state index in [1.54, 1.807) is 11.6 Å². The number of hydrogen-bond donors (Lipinski definition) is 0. The van der Waals surface area contributed by atoms with Gasteiger partial charge in [0, 0.05) is 12.3 Å². The minimum Gasteiger partial charge on any atom is -0.249 e. The fourth-order valence-corrected chi connectivity index (χ4v) is 3.13.